The van der Waals surface area contributed by atoms with Gasteiger partial charge in [-0.1, -0.05) is 41.4 Å². The van der Waals surface area contributed by atoms with Crippen molar-refractivity contribution < 1.29 is 26.4 Å². The maximum Gasteiger partial charge on any atom is 0.417 e. The summed E-state index contributed by atoms with van der Waals surface area (Å²) in [6, 6.07) is 10.00. The third kappa shape index (κ3) is 5.87. The van der Waals surface area contributed by atoms with Gasteiger partial charge in [0.1, 0.15) is 6.54 Å². The number of alkyl halides is 3. The fourth-order valence-corrected chi connectivity index (χ4v) is 3.45. The van der Waals surface area contributed by atoms with E-state index in [1.54, 1.807) is 12.1 Å². The molecule has 0 saturated heterocycles. The van der Waals surface area contributed by atoms with E-state index in [1.807, 2.05) is 19.1 Å². The Morgan fingerprint density at radius 1 is 1.14 bits per heavy atom. The molecular weight excluding hydrogens is 417 g/mol. The number of nitrogens with one attached hydrogen (secondary N) is 1. The molecule has 10 heteroatoms. The summed E-state index contributed by atoms with van der Waals surface area (Å²) >= 11 is 5.57. The standard InChI is InChI=1S/C18H18ClF3N2O3S/c1-12-3-5-13(6-4-12)10-23-17(25)11-24(28(2,26)27)14-7-8-16(19)15(9-14)18(20,21)22/h3-9H,10-11H2,1-2H3,(H,23,25). The third-order valence-corrected chi connectivity index (χ3v) is 5.31. The summed E-state index contributed by atoms with van der Waals surface area (Å²) in [6.07, 6.45) is -3.95. The van der Waals surface area contributed by atoms with Crippen LogP contribution in [0.4, 0.5) is 18.9 Å². The number of rotatable bonds is 6. The van der Waals surface area contributed by atoms with Crippen molar-refractivity contribution in [2.24, 2.45) is 0 Å². The second-order valence-electron chi connectivity index (χ2n) is 6.19. The summed E-state index contributed by atoms with van der Waals surface area (Å²) in [5, 5.41) is 1.99. The van der Waals surface area contributed by atoms with Gasteiger partial charge in [0, 0.05) is 6.54 Å². The highest BCUT2D eigenvalue weighted by molar-refractivity contribution is 7.92. The van der Waals surface area contributed by atoms with Crippen molar-refractivity contribution in [1.29, 1.82) is 0 Å². The van der Waals surface area contributed by atoms with Crippen LogP contribution in [0, 0.1) is 6.92 Å². The maximum atomic E-state index is 13.1. The molecule has 0 atom stereocenters. The highest BCUT2D eigenvalue weighted by Gasteiger charge is 2.34. The van der Waals surface area contributed by atoms with Crippen LogP contribution >= 0.6 is 11.6 Å². The van der Waals surface area contributed by atoms with Crippen LogP contribution in [0.25, 0.3) is 0 Å². The van der Waals surface area contributed by atoms with Gasteiger partial charge in [0.25, 0.3) is 0 Å². The number of benzene rings is 2. The van der Waals surface area contributed by atoms with Crippen molar-refractivity contribution in [1.82, 2.24) is 5.32 Å². The van der Waals surface area contributed by atoms with E-state index >= 15 is 0 Å². The van der Waals surface area contributed by atoms with E-state index in [2.05, 4.69) is 5.32 Å². The van der Waals surface area contributed by atoms with Crippen molar-refractivity contribution in [3.8, 4) is 0 Å². The van der Waals surface area contributed by atoms with Crippen molar-refractivity contribution in [2.75, 3.05) is 17.1 Å². The molecule has 5 nitrogen and oxygen atoms in total. The summed E-state index contributed by atoms with van der Waals surface area (Å²) in [5.41, 5.74) is 0.363. The molecule has 0 unspecified atom stereocenters. The summed E-state index contributed by atoms with van der Waals surface area (Å²) in [7, 11) is -4.01. The number of aryl methyl sites for hydroxylation is 1. The van der Waals surface area contributed by atoms with Gasteiger partial charge in [-0.05, 0) is 30.7 Å². The number of carbonyl (C=O) groups excluding carboxylic acids is 1. The van der Waals surface area contributed by atoms with Gasteiger partial charge in [-0.3, -0.25) is 9.10 Å². The Bertz CT molecular complexity index is 961. The lowest BCUT2D eigenvalue weighted by Gasteiger charge is -2.23. The lowest BCUT2D eigenvalue weighted by Crippen LogP contribution is -2.40. The van der Waals surface area contributed by atoms with Crippen LogP contribution in [0.2, 0.25) is 5.02 Å². The molecule has 152 valence electrons. The Balaban J connectivity index is 2.21. The molecule has 0 radical (unpaired) electrons. The van der Waals surface area contributed by atoms with Gasteiger partial charge in [0.15, 0.2) is 0 Å². The zero-order valence-electron chi connectivity index (χ0n) is 15.0. The average Bonchev–Trinajstić information content (AvgIpc) is 2.58. The van der Waals surface area contributed by atoms with E-state index in [-0.39, 0.29) is 12.2 Å². The molecule has 1 amide bonds. The predicted octanol–water partition coefficient (Wildman–Crippen LogP) is 3.75. The van der Waals surface area contributed by atoms with Gasteiger partial charge in [-0.25, -0.2) is 8.42 Å². The summed E-state index contributed by atoms with van der Waals surface area (Å²) in [6.45, 7) is 1.41. The van der Waals surface area contributed by atoms with Gasteiger partial charge in [0.2, 0.25) is 15.9 Å². The van der Waals surface area contributed by atoms with Gasteiger partial charge < -0.3 is 5.32 Å². The zero-order valence-corrected chi connectivity index (χ0v) is 16.6. The first-order chi connectivity index (χ1) is 12.9. The minimum atomic E-state index is -4.76. The van der Waals surface area contributed by atoms with E-state index in [0.717, 1.165) is 29.5 Å². The van der Waals surface area contributed by atoms with Crippen LogP contribution in [0.1, 0.15) is 16.7 Å². The van der Waals surface area contributed by atoms with E-state index in [1.165, 1.54) is 0 Å². The normalized spacial score (nSPS) is 11.9. The van der Waals surface area contributed by atoms with Crippen molar-refractivity contribution >= 4 is 33.2 Å². The Morgan fingerprint density at radius 2 is 1.75 bits per heavy atom. The zero-order chi connectivity index (χ0) is 21.1. The van der Waals surface area contributed by atoms with Crippen LogP contribution in [0.5, 0.6) is 0 Å². The van der Waals surface area contributed by atoms with E-state index in [0.29, 0.717) is 10.4 Å². The number of sulfonamides is 1. The smallest absolute Gasteiger partial charge is 0.350 e. The summed E-state index contributed by atoms with van der Waals surface area (Å²) in [5.74, 6) is -0.658. The molecule has 0 aliphatic carbocycles. The van der Waals surface area contributed by atoms with E-state index < -0.39 is 39.2 Å². The second kappa shape index (κ2) is 8.40. The lowest BCUT2D eigenvalue weighted by molar-refractivity contribution is -0.137. The molecule has 0 heterocycles. The average molecular weight is 435 g/mol. The van der Waals surface area contributed by atoms with Gasteiger partial charge in [-0.15, -0.1) is 0 Å². The van der Waals surface area contributed by atoms with Crippen LogP contribution in [0.15, 0.2) is 42.5 Å². The Kier molecular flexibility index (Phi) is 6.61. The third-order valence-electron chi connectivity index (χ3n) is 3.84. The first kappa shape index (κ1) is 22.0. The van der Waals surface area contributed by atoms with Crippen LogP contribution in [-0.2, 0) is 27.5 Å². The molecule has 0 saturated carbocycles. The van der Waals surface area contributed by atoms with Gasteiger partial charge >= 0.3 is 6.18 Å². The first-order valence-corrected chi connectivity index (χ1v) is 10.3. The molecule has 0 bridgehead atoms. The predicted molar refractivity (Wildman–Crippen MR) is 102 cm³/mol. The number of carbonyl (C=O) groups is 1. The SMILES string of the molecule is Cc1ccc(CNC(=O)CN(c2ccc(Cl)c(C(F)(F)F)c2)S(C)(=O)=O)cc1. The molecule has 2 aromatic carbocycles. The highest BCUT2D eigenvalue weighted by atomic mass is 35.5. The number of halogens is 4. The number of nitrogens with zero attached hydrogens (tertiary/aromatic N) is 1. The first-order valence-electron chi connectivity index (χ1n) is 8.04. The van der Waals surface area contributed by atoms with Crippen LogP contribution in [0.3, 0.4) is 0 Å². The van der Waals surface area contributed by atoms with Crippen LogP contribution in [-0.4, -0.2) is 27.1 Å². The minimum absolute atomic E-state index is 0.158. The summed E-state index contributed by atoms with van der Waals surface area (Å²) in [4.78, 5) is 12.2. The molecule has 0 fully saturated rings. The monoisotopic (exact) mass is 434 g/mol. The highest BCUT2D eigenvalue weighted by Crippen LogP contribution is 2.37. The second-order valence-corrected chi connectivity index (χ2v) is 8.51. The maximum absolute atomic E-state index is 13.1. The Hall–Kier alpha value is -2.26. The molecule has 0 aliphatic rings. The molecule has 0 aliphatic heterocycles. The van der Waals surface area contributed by atoms with Crippen molar-refractivity contribution in [3.05, 3.63) is 64.2 Å². The Morgan fingerprint density at radius 3 is 2.29 bits per heavy atom. The molecule has 0 aromatic heterocycles. The molecule has 2 rings (SSSR count). The lowest BCUT2D eigenvalue weighted by atomic mass is 10.1. The van der Waals surface area contributed by atoms with E-state index in [4.69, 9.17) is 11.6 Å². The fourth-order valence-electron chi connectivity index (χ4n) is 2.38. The molecule has 1 N–H and O–H groups in total. The van der Waals surface area contributed by atoms with Crippen LogP contribution < -0.4 is 9.62 Å². The Labute approximate surface area is 166 Å². The largest absolute Gasteiger partial charge is 0.417 e. The summed E-state index contributed by atoms with van der Waals surface area (Å²) < 4.78 is 63.9. The number of anilines is 1. The van der Waals surface area contributed by atoms with Crippen molar-refractivity contribution in [2.45, 2.75) is 19.6 Å². The topological polar surface area (TPSA) is 66.5 Å². The van der Waals surface area contributed by atoms with E-state index in [9.17, 15) is 26.4 Å². The van der Waals surface area contributed by atoms with Gasteiger partial charge in [-0.2, -0.15) is 13.2 Å². The quantitative estimate of drug-likeness (QED) is 0.753. The van der Waals surface area contributed by atoms with Crippen molar-refractivity contribution in [3.63, 3.8) is 0 Å². The molecule has 0 spiro atoms. The fraction of sp³-hybridized carbons (Fsp3) is 0.278. The van der Waals surface area contributed by atoms with Gasteiger partial charge in [0.05, 0.1) is 22.5 Å². The number of hydrogen-bond donors (Lipinski definition) is 1. The number of hydrogen-bond acceptors (Lipinski definition) is 3. The molecule has 28 heavy (non-hydrogen) atoms. The number of amides is 1. The molecule has 2 aromatic rings. The minimum Gasteiger partial charge on any atom is -0.350 e. The molecular formula is C18H18ClF3N2O3S.